The Hall–Kier alpha value is -3.27. The molecule has 0 N–H and O–H groups in total. The van der Waals surface area contributed by atoms with Crippen LogP contribution in [-0.2, 0) is 33.3 Å². The third-order valence-corrected chi connectivity index (χ3v) is 4.55. The molecule has 3 rings (SSSR count). The van der Waals surface area contributed by atoms with Gasteiger partial charge in [-0.2, -0.15) is 0 Å². The molecule has 1 aliphatic heterocycles. The SMILES string of the molecule is CC(=O)O[C@@H]1[C@@H](OC(C)=O)[C@H](OC(C)=O)CO[C@H]1n1cc(C=O)c2ccc(F)cc21. The quantitative estimate of drug-likeness (QED) is 0.409. The van der Waals surface area contributed by atoms with E-state index in [0.717, 1.165) is 13.8 Å². The molecule has 2 heterocycles. The third kappa shape index (κ3) is 4.33. The van der Waals surface area contributed by atoms with E-state index in [9.17, 15) is 23.6 Å². The number of aldehydes is 1. The fraction of sp³-hybridized carbons (Fsp3) is 0.400. The highest BCUT2D eigenvalue weighted by molar-refractivity contribution is 5.97. The van der Waals surface area contributed by atoms with Gasteiger partial charge >= 0.3 is 17.9 Å². The number of rotatable bonds is 5. The summed E-state index contributed by atoms with van der Waals surface area (Å²) in [4.78, 5) is 46.4. The minimum absolute atomic E-state index is 0.189. The molecule has 0 bridgehead atoms. The minimum Gasteiger partial charge on any atom is -0.456 e. The second-order valence-electron chi connectivity index (χ2n) is 6.79. The van der Waals surface area contributed by atoms with Gasteiger partial charge in [0.1, 0.15) is 5.82 Å². The Bertz CT molecular complexity index is 1000. The predicted octanol–water partition coefficient (Wildman–Crippen LogP) is 1.92. The molecule has 0 unspecified atom stereocenters. The van der Waals surface area contributed by atoms with E-state index in [0.29, 0.717) is 17.2 Å². The zero-order valence-electron chi connectivity index (χ0n) is 16.5. The second kappa shape index (κ2) is 8.62. The average Bonchev–Trinajstić information content (AvgIpc) is 3.01. The predicted molar refractivity (Wildman–Crippen MR) is 98.9 cm³/mol. The van der Waals surface area contributed by atoms with Crippen molar-refractivity contribution >= 4 is 35.1 Å². The molecule has 1 aromatic heterocycles. The highest BCUT2D eigenvalue weighted by Crippen LogP contribution is 2.34. The van der Waals surface area contributed by atoms with E-state index in [2.05, 4.69) is 0 Å². The van der Waals surface area contributed by atoms with Gasteiger partial charge in [0, 0.05) is 37.9 Å². The third-order valence-electron chi connectivity index (χ3n) is 4.55. The van der Waals surface area contributed by atoms with Gasteiger partial charge in [-0.05, 0) is 18.2 Å². The fourth-order valence-corrected chi connectivity index (χ4v) is 3.52. The molecule has 0 amide bonds. The van der Waals surface area contributed by atoms with Gasteiger partial charge in [0.25, 0.3) is 0 Å². The summed E-state index contributed by atoms with van der Waals surface area (Å²) in [6.45, 7) is 3.30. The smallest absolute Gasteiger partial charge is 0.303 e. The van der Waals surface area contributed by atoms with Crippen molar-refractivity contribution in [2.45, 2.75) is 45.3 Å². The highest BCUT2D eigenvalue weighted by atomic mass is 19.1. The molecule has 160 valence electrons. The molecule has 1 aromatic carbocycles. The Balaban J connectivity index is 2.11. The first-order chi connectivity index (χ1) is 14.2. The number of carbonyl (C=O) groups is 4. The first-order valence-corrected chi connectivity index (χ1v) is 9.09. The van der Waals surface area contributed by atoms with Gasteiger partial charge in [-0.1, -0.05) is 0 Å². The lowest BCUT2D eigenvalue weighted by atomic mass is 10.0. The Kier molecular flexibility index (Phi) is 6.16. The number of benzene rings is 1. The van der Waals surface area contributed by atoms with Gasteiger partial charge in [-0.3, -0.25) is 19.2 Å². The summed E-state index contributed by atoms with van der Waals surface area (Å²) < 4.78 is 37.0. The Labute approximate surface area is 170 Å². The summed E-state index contributed by atoms with van der Waals surface area (Å²) in [6.07, 6.45) is -2.50. The highest BCUT2D eigenvalue weighted by Gasteiger charge is 2.48. The van der Waals surface area contributed by atoms with E-state index in [1.54, 1.807) is 0 Å². The maximum atomic E-state index is 13.9. The number of carbonyl (C=O) groups excluding carboxylic acids is 4. The first kappa shape index (κ1) is 21.4. The van der Waals surface area contributed by atoms with E-state index in [1.807, 2.05) is 0 Å². The van der Waals surface area contributed by atoms with Gasteiger partial charge < -0.3 is 23.5 Å². The van der Waals surface area contributed by atoms with E-state index >= 15 is 0 Å². The van der Waals surface area contributed by atoms with E-state index < -0.39 is 48.3 Å². The first-order valence-electron chi connectivity index (χ1n) is 9.09. The molecule has 30 heavy (non-hydrogen) atoms. The summed E-state index contributed by atoms with van der Waals surface area (Å²) >= 11 is 0. The van der Waals surface area contributed by atoms with Crippen molar-refractivity contribution < 1.29 is 42.5 Å². The molecule has 0 aliphatic carbocycles. The van der Waals surface area contributed by atoms with Gasteiger partial charge in [0.15, 0.2) is 30.8 Å². The van der Waals surface area contributed by atoms with Crippen LogP contribution in [0.4, 0.5) is 4.39 Å². The van der Waals surface area contributed by atoms with Crippen LogP contribution in [0.25, 0.3) is 10.9 Å². The van der Waals surface area contributed by atoms with Crippen LogP contribution in [0.1, 0.15) is 37.4 Å². The normalized spacial score (nSPS) is 23.6. The molecule has 1 fully saturated rings. The van der Waals surface area contributed by atoms with Crippen molar-refractivity contribution in [3.8, 4) is 0 Å². The van der Waals surface area contributed by atoms with Crippen LogP contribution in [0, 0.1) is 5.82 Å². The summed E-state index contributed by atoms with van der Waals surface area (Å²) in [7, 11) is 0. The summed E-state index contributed by atoms with van der Waals surface area (Å²) in [5.41, 5.74) is 0.577. The van der Waals surface area contributed by atoms with Crippen molar-refractivity contribution in [1.82, 2.24) is 4.57 Å². The number of ether oxygens (including phenoxy) is 4. The lowest BCUT2D eigenvalue weighted by Gasteiger charge is -2.41. The number of hydrogen-bond acceptors (Lipinski definition) is 8. The van der Waals surface area contributed by atoms with E-state index in [4.69, 9.17) is 18.9 Å². The van der Waals surface area contributed by atoms with E-state index in [1.165, 1.54) is 35.9 Å². The van der Waals surface area contributed by atoms with Gasteiger partial charge in [-0.15, -0.1) is 0 Å². The number of fused-ring (bicyclic) bond motifs is 1. The molecule has 9 nitrogen and oxygen atoms in total. The van der Waals surface area contributed by atoms with Gasteiger partial charge in [0.05, 0.1) is 12.1 Å². The molecule has 0 saturated carbocycles. The molecule has 1 aliphatic rings. The fourth-order valence-electron chi connectivity index (χ4n) is 3.52. The van der Waals surface area contributed by atoms with Crippen LogP contribution in [0.5, 0.6) is 0 Å². The van der Waals surface area contributed by atoms with Crippen LogP contribution in [-0.4, -0.2) is 53.7 Å². The van der Waals surface area contributed by atoms with Crippen molar-refractivity contribution in [1.29, 1.82) is 0 Å². The maximum Gasteiger partial charge on any atom is 0.303 e. The standard InChI is InChI=1S/C20H20FNO8/c1-10(24)28-17-9-27-20(19(30-12(3)26)18(17)29-11(2)25)22-7-13(8-23)15-5-4-14(21)6-16(15)22/h4-8,17-20H,9H2,1-3H3/t17-,18+,19-,20-/m1/s1. The topological polar surface area (TPSA) is 110 Å². The Morgan fingerprint density at radius 1 is 1.07 bits per heavy atom. The number of hydrogen-bond donors (Lipinski definition) is 0. The number of esters is 3. The minimum atomic E-state index is -1.23. The Morgan fingerprint density at radius 2 is 1.70 bits per heavy atom. The van der Waals surface area contributed by atoms with Crippen LogP contribution < -0.4 is 0 Å². The van der Waals surface area contributed by atoms with Crippen LogP contribution >= 0.6 is 0 Å². The molecular formula is C20H20FNO8. The van der Waals surface area contributed by atoms with Crippen molar-refractivity contribution in [2.24, 2.45) is 0 Å². The molecule has 1 saturated heterocycles. The molecule has 10 heteroatoms. The molecule has 4 atom stereocenters. The lowest BCUT2D eigenvalue weighted by molar-refractivity contribution is -0.239. The zero-order valence-corrected chi connectivity index (χ0v) is 16.5. The lowest BCUT2D eigenvalue weighted by Crippen LogP contribution is -2.55. The van der Waals surface area contributed by atoms with Crippen LogP contribution in [0.3, 0.4) is 0 Å². The average molecular weight is 421 g/mol. The molecule has 0 spiro atoms. The largest absolute Gasteiger partial charge is 0.456 e. The van der Waals surface area contributed by atoms with Gasteiger partial charge in [0.2, 0.25) is 0 Å². The van der Waals surface area contributed by atoms with Crippen molar-refractivity contribution in [2.75, 3.05) is 6.61 Å². The summed E-state index contributed by atoms with van der Waals surface area (Å²) in [5, 5.41) is 0.461. The number of nitrogens with zero attached hydrogens (tertiary/aromatic N) is 1. The number of halogens is 1. The summed E-state index contributed by atoms with van der Waals surface area (Å²) in [6, 6.07) is 3.86. The molecular weight excluding hydrogens is 401 g/mol. The van der Waals surface area contributed by atoms with Gasteiger partial charge in [-0.25, -0.2) is 4.39 Å². The van der Waals surface area contributed by atoms with E-state index in [-0.39, 0.29) is 12.2 Å². The van der Waals surface area contributed by atoms with Crippen molar-refractivity contribution in [3.05, 3.63) is 35.8 Å². The van der Waals surface area contributed by atoms with Crippen molar-refractivity contribution in [3.63, 3.8) is 0 Å². The van der Waals surface area contributed by atoms with Crippen LogP contribution in [0.2, 0.25) is 0 Å². The maximum absolute atomic E-state index is 13.9. The monoisotopic (exact) mass is 421 g/mol. The Morgan fingerprint density at radius 3 is 2.30 bits per heavy atom. The van der Waals surface area contributed by atoms with Crippen LogP contribution in [0.15, 0.2) is 24.4 Å². The molecule has 0 radical (unpaired) electrons. The zero-order chi connectivity index (χ0) is 22.0. The number of aromatic nitrogens is 1. The summed E-state index contributed by atoms with van der Waals surface area (Å²) in [5.74, 6) is -2.58. The second-order valence-corrected chi connectivity index (χ2v) is 6.79. The molecule has 2 aromatic rings.